The molecule has 0 bridgehead atoms. The van der Waals surface area contributed by atoms with Crippen molar-refractivity contribution >= 4 is 40.3 Å². The van der Waals surface area contributed by atoms with Gasteiger partial charge in [0, 0.05) is 17.5 Å². The van der Waals surface area contributed by atoms with E-state index in [0.717, 1.165) is 29.0 Å². The van der Waals surface area contributed by atoms with Crippen molar-refractivity contribution < 1.29 is 14.3 Å². The van der Waals surface area contributed by atoms with Crippen LogP contribution in [-0.2, 0) is 11.2 Å². The van der Waals surface area contributed by atoms with Gasteiger partial charge in [-0.15, -0.1) is 0 Å². The van der Waals surface area contributed by atoms with E-state index >= 15 is 0 Å². The summed E-state index contributed by atoms with van der Waals surface area (Å²) in [5.74, 6) is 1.47. The lowest BCUT2D eigenvalue weighted by Crippen LogP contribution is -2.17. The maximum Gasteiger partial charge on any atom is 0.263 e. The monoisotopic (exact) mass is 321 g/mol. The second-order valence-corrected chi connectivity index (χ2v) is 6.63. The van der Waals surface area contributed by atoms with Gasteiger partial charge in [-0.25, -0.2) is 0 Å². The summed E-state index contributed by atoms with van der Waals surface area (Å²) >= 11 is 6.27. The average molecular weight is 321 g/mol. The Labute approximate surface area is 132 Å². The summed E-state index contributed by atoms with van der Waals surface area (Å²) in [6, 6.07) is 3.94. The SMILES string of the molecule is CCOc1cc2c(cc1/C=C1\SC(=S)NC1=O)O[C@@H](C)C2. The Bertz CT molecular complexity index is 655. The molecule has 2 aliphatic heterocycles. The largest absolute Gasteiger partial charge is 0.493 e. The van der Waals surface area contributed by atoms with Gasteiger partial charge in [-0.2, -0.15) is 0 Å². The van der Waals surface area contributed by atoms with Crippen LogP contribution in [0.2, 0.25) is 0 Å². The molecule has 1 aromatic rings. The molecule has 1 fully saturated rings. The first kappa shape index (κ1) is 14.4. The second-order valence-electron chi connectivity index (χ2n) is 4.92. The van der Waals surface area contributed by atoms with Crippen molar-refractivity contribution in [3.63, 3.8) is 0 Å². The van der Waals surface area contributed by atoms with Crippen LogP contribution in [0.3, 0.4) is 0 Å². The summed E-state index contributed by atoms with van der Waals surface area (Å²) in [5.41, 5.74) is 1.99. The van der Waals surface area contributed by atoms with E-state index in [1.165, 1.54) is 11.8 Å². The quantitative estimate of drug-likeness (QED) is 0.685. The van der Waals surface area contributed by atoms with Crippen LogP contribution < -0.4 is 14.8 Å². The van der Waals surface area contributed by atoms with Gasteiger partial charge in [-0.3, -0.25) is 4.79 Å². The number of carbonyl (C=O) groups is 1. The van der Waals surface area contributed by atoms with Crippen LogP contribution in [-0.4, -0.2) is 22.9 Å². The highest BCUT2D eigenvalue weighted by molar-refractivity contribution is 8.26. The molecule has 110 valence electrons. The van der Waals surface area contributed by atoms with E-state index in [4.69, 9.17) is 21.7 Å². The molecule has 0 unspecified atom stereocenters. The molecular formula is C15H15NO3S2. The minimum absolute atomic E-state index is 0.165. The first-order valence-corrected chi connectivity index (χ1v) is 8.00. The standard InChI is InChI=1S/C15H15NO3S2/c1-3-18-11-5-9-4-8(2)19-12(9)6-10(11)7-13-14(17)16-15(20)21-13/h5-8H,3-4H2,1-2H3,(H,16,17,20)/b13-7-/t8-/m0/s1. The lowest BCUT2D eigenvalue weighted by molar-refractivity contribution is -0.115. The summed E-state index contributed by atoms with van der Waals surface area (Å²) in [7, 11) is 0. The number of benzene rings is 1. The van der Waals surface area contributed by atoms with Crippen LogP contribution in [0.5, 0.6) is 11.5 Å². The summed E-state index contributed by atoms with van der Waals surface area (Å²) < 4.78 is 12.0. The maximum absolute atomic E-state index is 11.8. The van der Waals surface area contributed by atoms with E-state index in [1.807, 2.05) is 26.0 Å². The van der Waals surface area contributed by atoms with Crippen molar-refractivity contribution in [3.05, 3.63) is 28.2 Å². The zero-order valence-corrected chi connectivity index (χ0v) is 13.4. The molecule has 0 saturated carbocycles. The van der Waals surface area contributed by atoms with Crippen LogP contribution in [0.4, 0.5) is 0 Å². The van der Waals surface area contributed by atoms with Crippen LogP contribution >= 0.6 is 24.0 Å². The first-order valence-electron chi connectivity index (χ1n) is 6.78. The van der Waals surface area contributed by atoms with Crippen molar-refractivity contribution in [1.82, 2.24) is 5.32 Å². The molecule has 21 heavy (non-hydrogen) atoms. The Balaban J connectivity index is 2.01. The van der Waals surface area contributed by atoms with Crippen molar-refractivity contribution in [3.8, 4) is 11.5 Å². The highest BCUT2D eigenvalue weighted by Crippen LogP contribution is 2.37. The zero-order valence-electron chi connectivity index (χ0n) is 11.8. The molecule has 1 N–H and O–H groups in total. The van der Waals surface area contributed by atoms with Crippen molar-refractivity contribution in [2.24, 2.45) is 0 Å². The lowest BCUT2D eigenvalue weighted by atomic mass is 10.1. The number of amides is 1. The Morgan fingerprint density at radius 1 is 1.57 bits per heavy atom. The van der Waals surface area contributed by atoms with E-state index in [-0.39, 0.29) is 12.0 Å². The van der Waals surface area contributed by atoms with Gasteiger partial charge in [0.25, 0.3) is 5.91 Å². The molecule has 0 aliphatic carbocycles. The van der Waals surface area contributed by atoms with Crippen LogP contribution in [0.25, 0.3) is 6.08 Å². The molecule has 6 heteroatoms. The lowest BCUT2D eigenvalue weighted by Gasteiger charge is -2.10. The summed E-state index contributed by atoms with van der Waals surface area (Å²) in [4.78, 5) is 12.4. The van der Waals surface area contributed by atoms with Crippen molar-refractivity contribution in [1.29, 1.82) is 0 Å². The van der Waals surface area contributed by atoms with Crippen LogP contribution in [0.15, 0.2) is 17.0 Å². The number of thioether (sulfide) groups is 1. The highest BCUT2D eigenvalue weighted by atomic mass is 32.2. The first-order chi connectivity index (χ1) is 10.1. The third-order valence-electron chi connectivity index (χ3n) is 3.26. The van der Waals surface area contributed by atoms with Gasteiger partial charge in [0.15, 0.2) is 0 Å². The van der Waals surface area contributed by atoms with E-state index in [9.17, 15) is 4.79 Å². The van der Waals surface area contributed by atoms with Gasteiger partial charge in [0.2, 0.25) is 0 Å². The number of carbonyl (C=O) groups excluding carboxylic acids is 1. The fraction of sp³-hybridized carbons (Fsp3) is 0.333. The molecule has 2 heterocycles. The second kappa shape index (κ2) is 5.69. The Morgan fingerprint density at radius 3 is 3.05 bits per heavy atom. The molecule has 1 amide bonds. The van der Waals surface area contributed by atoms with Crippen LogP contribution in [0, 0.1) is 0 Å². The molecule has 1 atom stereocenters. The maximum atomic E-state index is 11.8. The number of hydrogen-bond donors (Lipinski definition) is 1. The summed E-state index contributed by atoms with van der Waals surface area (Å²) in [6.45, 7) is 4.55. The normalized spacial score (nSPS) is 22.2. The third kappa shape index (κ3) is 2.91. The highest BCUT2D eigenvalue weighted by Gasteiger charge is 2.25. The number of rotatable bonds is 3. The summed E-state index contributed by atoms with van der Waals surface area (Å²) in [6.07, 6.45) is 2.86. The van der Waals surface area contributed by atoms with Gasteiger partial charge < -0.3 is 14.8 Å². The fourth-order valence-electron chi connectivity index (χ4n) is 2.41. The molecule has 3 rings (SSSR count). The van der Waals surface area contributed by atoms with Gasteiger partial charge >= 0.3 is 0 Å². The molecule has 2 aliphatic rings. The molecule has 4 nitrogen and oxygen atoms in total. The van der Waals surface area contributed by atoms with Gasteiger partial charge in [0.05, 0.1) is 11.5 Å². The molecular weight excluding hydrogens is 306 g/mol. The smallest absolute Gasteiger partial charge is 0.263 e. The van der Waals surface area contributed by atoms with E-state index in [0.29, 0.717) is 15.8 Å². The van der Waals surface area contributed by atoms with E-state index in [2.05, 4.69) is 5.32 Å². The molecule has 0 spiro atoms. The van der Waals surface area contributed by atoms with Gasteiger partial charge in [-0.05, 0) is 32.1 Å². The average Bonchev–Trinajstić information content (AvgIpc) is 2.91. The Morgan fingerprint density at radius 2 is 2.38 bits per heavy atom. The predicted molar refractivity (Wildman–Crippen MR) is 87.7 cm³/mol. The van der Waals surface area contributed by atoms with E-state index < -0.39 is 0 Å². The Kier molecular flexibility index (Phi) is 3.91. The minimum atomic E-state index is -0.165. The fourth-order valence-corrected chi connectivity index (χ4v) is 3.45. The number of thiocarbonyl (C=S) groups is 1. The molecule has 1 aromatic carbocycles. The van der Waals surface area contributed by atoms with E-state index in [1.54, 1.807) is 6.08 Å². The summed E-state index contributed by atoms with van der Waals surface area (Å²) in [5, 5.41) is 2.61. The topological polar surface area (TPSA) is 47.6 Å². The van der Waals surface area contributed by atoms with Gasteiger partial charge in [0.1, 0.15) is 21.9 Å². The molecule has 0 aromatic heterocycles. The zero-order chi connectivity index (χ0) is 15.0. The number of hydrogen-bond acceptors (Lipinski definition) is 5. The minimum Gasteiger partial charge on any atom is -0.493 e. The number of ether oxygens (including phenoxy) is 2. The number of nitrogens with one attached hydrogen (secondary N) is 1. The number of fused-ring (bicyclic) bond motifs is 1. The van der Waals surface area contributed by atoms with Gasteiger partial charge in [-0.1, -0.05) is 24.0 Å². The predicted octanol–water partition coefficient (Wildman–Crippen LogP) is 2.90. The molecule has 0 radical (unpaired) electrons. The van der Waals surface area contributed by atoms with Crippen molar-refractivity contribution in [2.45, 2.75) is 26.4 Å². The third-order valence-corrected chi connectivity index (χ3v) is 4.42. The Hall–Kier alpha value is -1.53. The van der Waals surface area contributed by atoms with Crippen LogP contribution in [0.1, 0.15) is 25.0 Å². The molecule has 1 saturated heterocycles. The van der Waals surface area contributed by atoms with Crippen molar-refractivity contribution in [2.75, 3.05) is 6.61 Å².